The van der Waals surface area contributed by atoms with Crippen molar-refractivity contribution in [3.05, 3.63) is 59.2 Å². The summed E-state index contributed by atoms with van der Waals surface area (Å²) < 4.78 is 10.7. The number of aryl methyl sites for hydroxylation is 2. The van der Waals surface area contributed by atoms with Gasteiger partial charge in [0.25, 0.3) is 5.91 Å². The summed E-state index contributed by atoms with van der Waals surface area (Å²) in [5.41, 5.74) is 3.15. The molecule has 0 aliphatic rings. The fourth-order valence-corrected chi connectivity index (χ4v) is 2.00. The summed E-state index contributed by atoms with van der Waals surface area (Å²) in [5, 5.41) is 2.84. The van der Waals surface area contributed by atoms with Crippen molar-refractivity contribution >= 4 is 5.91 Å². The molecule has 2 aromatic rings. The van der Waals surface area contributed by atoms with Crippen LogP contribution < -0.4 is 14.8 Å². The first-order valence-corrected chi connectivity index (χ1v) is 7.18. The molecular formula is C18H21NO3. The Bertz CT molecular complexity index is 635. The van der Waals surface area contributed by atoms with Gasteiger partial charge in [0, 0.05) is 6.54 Å². The molecule has 0 radical (unpaired) electrons. The number of hydrogen-bond donors (Lipinski definition) is 1. The molecule has 2 aromatic carbocycles. The van der Waals surface area contributed by atoms with Crippen LogP contribution in [0.5, 0.6) is 11.5 Å². The number of carbonyl (C=O) groups excluding carboxylic acids is 1. The molecule has 22 heavy (non-hydrogen) atoms. The van der Waals surface area contributed by atoms with E-state index in [0.717, 1.165) is 28.2 Å². The molecule has 0 aromatic heterocycles. The monoisotopic (exact) mass is 299 g/mol. The average Bonchev–Trinajstić information content (AvgIpc) is 2.54. The van der Waals surface area contributed by atoms with Gasteiger partial charge in [0.2, 0.25) is 0 Å². The Morgan fingerprint density at radius 2 is 1.82 bits per heavy atom. The average molecular weight is 299 g/mol. The molecule has 0 atom stereocenters. The SMILES string of the molecule is COc1ccc(CNC(=O)COc2cc(C)ccc2C)cc1. The molecule has 116 valence electrons. The second kappa shape index (κ2) is 7.50. The topological polar surface area (TPSA) is 47.6 Å². The van der Waals surface area contributed by atoms with Gasteiger partial charge in [0.1, 0.15) is 11.5 Å². The molecule has 0 aliphatic carbocycles. The zero-order chi connectivity index (χ0) is 15.9. The van der Waals surface area contributed by atoms with Gasteiger partial charge >= 0.3 is 0 Å². The molecule has 2 rings (SSSR count). The lowest BCUT2D eigenvalue weighted by molar-refractivity contribution is -0.123. The largest absolute Gasteiger partial charge is 0.497 e. The van der Waals surface area contributed by atoms with Crippen LogP contribution in [0.1, 0.15) is 16.7 Å². The second-order valence-corrected chi connectivity index (χ2v) is 5.18. The van der Waals surface area contributed by atoms with Gasteiger partial charge in [-0.3, -0.25) is 4.79 Å². The van der Waals surface area contributed by atoms with Crippen molar-refractivity contribution in [2.45, 2.75) is 20.4 Å². The van der Waals surface area contributed by atoms with Gasteiger partial charge in [-0.25, -0.2) is 0 Å². The maximum atomic E-state index is 11.8. The predicted octanol–water partition coefficient (Wildman–Crippen LogP) is 3.01. The molecule has 0 aliphatic heterocycles. The minimum absolute atomic E-state index is 0.0143. The van der Waals surface area contributed by atoms with E-state index >= 15 is 0 Å². The van der Waals surface area contributed by atoms with E-state index in [2.05, 4.69) is 5.32 Å². The third-order valence-electron chi connectivity index (χ3n) is 3.35. The summed E-state index contributed by atoms with van der Waals surface area (Å²) in [4.78, 5) is 11.8. The van der Waals surface area contributed by atoms with Crippen molar-refractivity contribution < 1.29 is 14.3 Å². The maximum Gasteiger partial charge on any atom is 0.258 e. The van der Waals surface area contributed by atoms with Gasteiger partial charge in [0.05, 0.1) is 7.11 Å². The fraction of sp³-hybridized carbons (Fsp3) is 0.278. The lowest BCUT2D eigenvalue weighted by Gasteiger charge is -2.10. The summed E-state index contributed by atoms with van der Waals surface area (Å²) in [6.07, 6.45) is 0. The molecule has 0 heterocycles. The number of nitrogens with one attached hydrogen (secondary N) is 1. The number of ether oxygens (including phenoxy) is 2. The van der Waals surface area contributed by atoms with Gasteiger partial charge < -0.3 is 14.8 Å². The van der Waals surface area contributed by atoms with Gasteiger partial charge in [-0.1, -0.05) is 24.3 Å². The quantitative estimate of drug-likeness (QED) is 0.892. The molecule has 4 nitrogen and oxygen atoms in total. The molecule has 4 heteroatoms. The molecule has 0 bridgehead atoms. The number of carbonyl (C=O) groups is 1. The van der Waals surface area contributed by atoms with Crippen LogP contribution in [0.3, 0.4) is 0 Å². The zero-order valence-electron chi connectivity index (χ0n) is 13.2. The number of benzene rings is 2. The molecule has 0 saturated carbocycles. The Hall–Kier alpha value is -2.49. The van der Waals surface area contributed by atoms with E-state index in [1.807, 2.05) is 56.3 Å². The smallest absolute Gasteiger partial charge is 0.258 e. The third-order valence-corrected chi connectivity index (χ3v) is 3.35. The van der Waals surface area contributed by atoms with Gasteiger partial charge in [-0.15, -0.1) is 0 Å². The van der Waals surface area contributed by atoms with Crippen molar-refractivity contribution in [2.24, 2.45) is 0 Å². The van der Waals surface area contributed by atoms with Crippen molar-refractivity contribution in [3.63, 3.8) is 0 Å². The second-order valence-electron chi connectivity index (χ2n) is 5.18. The van der Waals surface area contributed by atoms with Crippen LogP contribution in [0.4, 0.5) is 0 Å². The van der Waals surface area contributed by atoms with Gasteiger partial charge in [0.15, 0.2) is 6.61 Å². The number of hydrogen-bond acceptors (Lipinski definition) is 3. The molecule has 0 spiro atoms. The van der Waals surface area contributed by atoms with Crippen LogP contribution in [0.2, 0.25) is 0 Å². The minimum atomic E-state index is -0.142. The number of rotatable bonds is 6. The highest BCUT2D eigenvalue weighted by Crippen LogP contribution is 2.18. The van der Waals surface area contributed by atoms with Gasteiger partial charge in [-0.05, 0) is 48.7 Å². The van der Waals surface area contributed by atoms with Crippen LogP contribution in [-0.4, -0.2) is 19.6 Å². The first-order chi connectivity index (χ1) is 10.6. The summed E-state index contributed by atoms with van der Waals surface area (Å²) in [6, 6.07) is 13.5. The van der Waals surface area contributed by atoms with E-state index in [4.69, 9.17) is 9.47 Å². The Morgan fingerprint density at radius 1 is 1.09 bits per heavy atom. The van der Waals surface area contributed by atoms with E-state index in [9.17, 15) is 4.79 Å². The Kier molecular flexibility index (Phi) is 5.42. The first-order valence-electron chi connectivity index (χ1n) is 7.18. The third kappa shape index (κ3) is 4.52. The van der Waals surface area contributed by atoms with Crippen LogP contribution in [0.15, 0.2) is 42.5 Å². The molecule has 1 N–H and O–H groups in total. The van der Waals surface area contributed by atoms with Crippen molar-refractivity contribution in [2.75, 3.05) is 13.7 Å². The Morgan fingerprint density at radius 3 is 2.50 bits per heavy atom. The highest BCUT2D eigenvalue weighted by Gasteiger charge is 2.05. The van der Waals surface area contributed by atoms with Crippen LogP contribution >= 0.6 is 0 Å². The Balaban J connectivity index is 1.81. The van der Waals surface area contributed by atoms with E-state index in [-0.39, 0.29) is 12.5 Å². The summed E-state index contributed by atoms with van der Waals surface area (Å²) in [5.74, 6) is 1.41. The zero-order valence-corrected chi connectivity index (χ0v) is 13.2. The molecule has 1 amide bonds. The fourth-order valence-electron chi connectivity index (χ4n) is 2.00. The summed E-state index contributed by atoms with van der Waals surface area (Å²) >= 11 is 0. The summed E-state index contributed by atoms with van der Waals surface area (Å²) in [6.45, 7) is 4.44. The van der Waals surface area contributed by atoms with Crippen molar-refractivity contribution in [1.29, 1.82) is 0 Å². The normalized spacial score (nSPS) is 10.1. The molecule has 0 fully saturated rings. The van der Waals surface area contributed by atoms with E-state index < -0.39 is 0 Å². The molecule has 0 unspecified atom stereocenters. The van der Waals surface area contributed by atoms with E-state index in [0.29, 0.717) is 6.54 Å². The van der Waals surface area contributed by atoms with Crippen LogP contribution in [0.25, 0.3) is 0 Å². The highest BCUT2D eigenvalue weighted by molar-refractivity contribution is 5.77. The molecular weight excluding hydrogens is 278 g/mol. The van der Waals surface area contributed by atoms with E-state index in [1.165, 1.54) is 0 Å². The highest BCUT2D eigenvalue weighted by atomic mass is 16.5. The maximum absolute atomic E-state index is 11.8. The van der Waals surface area contributed by atoms with Crippen LogP contribution in [-0.2, 0) is 11.3 Å². The Labute approximate surface area is 131 Å². The standard InChI is InChI=1S/C18H21NO3/c1-13-4-5-14(2)17(10-13)22-12-18(20)19-11-15-6-8-16(21-3)9-7-15/h4-10H,11-12H2,1-3H3,(H,19,20). The summed E-state index contributed by atoms with van der Waals surface area (Å²) in [7, 11) is 1.63. The number of amides is 1. The molecule has 0 saturated heterocycles. The lowest BCUT2D eigenvalue weighted by Crippen LogP contribution is -2.28. The predicted molar refractivity (Wildman–Crippen MR) is 86.3 cm³/mol. The lowest BCUT2D eigenvalue weighted by atomic mass is 10.1. The van der Waals surface area contributed by atoms with Crippen molar-refractivity contribution in [1.82, 2.24) is 5.32 Å². The van der Waals surface area contributed by atoms with Crippen molar-refractivity contribution in [3.8, 4) is 11.5 Å². The van der Waals surface area contributed by atoms with Gasteiger partial charge in [-0.2, -0.15) is 0 Å². The van der Waals surface area contributed by atoms with E-state index in [1.54, 1.807) is 7.11 Å². The minimum Gasteiger partial charge on any atom is -0.497 e. The first kappa shape index (κ1) is 15.9. The van der Waals surface area contributed by atoms with Crippen LogP contribution in [0, 0.1) is 13.8 Å². The number of methoxy groups -OCH3 is 1.